The Morgan fingerprint density at radius 3 is 2.62 bits per heavy atom. The molecule has 0 fully saturated rings. The van der Waals surface area contributed by atoms with Crippen LogP contribution < -0.4 is 15.4 Å². The molecule has 1 aromatic rings. The van der Waals surface area contributed by atoms with E-state index in [1.807, 2.05) is 6.92 Å². The summed E-state index contributed by atoms with van der Waals surface area (Å²) in [6.07, 6.45) is -2.97. The summed E-state index contributed by atoms with van der Waals surface area (Å²) in [6.45, 7) is 7.91. The van der Waals surface area contributed by atoms with Crippen molar-refractivity contribution >= 4 is 5.96 Å². The lowest BCUT2D eigenvalue weighted by Crippen LogP contribution is -2.44. The number of rotatable bonds is 7. The van der Waals surface area contributed by atoms with Crippen molar-refractivity contribution in [2.45, 2.75) is 46.5 Å². The topological polar surface area (TPSA) is 58.5 Å². The minimum Gasteiger partial charge on any atom is -0.468 e. The molecule has 1 heterocycles. The average Bonchev–Trinajstić information content (AvgIpc) is 2.50. The maximum atomic E-state index is 12.2. The average molecular weight is 346 g/mol. The summed E-state index contributed by atoms with van der Waals surface area (Å²) in [5, 5.41) is 6.43. The molecule has 8 heteroatoms. The van der Waals surface area contributed by atoms with Gasteiger partial charge in [0.15, 0.2) is 12.6 Å². The second-order valence-corrected chi connectivity index (χ2v) is 5.78. The van der Waals surface area contributed by atoms with Crippen LogP contribution in [0.15, 0.2) is 23.3 Å². The number of halogens is 3. The molecule has 5 nitrogen and oxygen atoms in total. The van der Waals surface area contributed by atoms with Gasteiger partial charge in [0.05, 0.1) is 6.54 Å². The highest BCUT2D eigenvalue weighted by atomic mass is 19.4. The molecule has 1 atom stereocenters. The van der Waals surface area contributed by atoms with Crippen LogP contribution in [0.25, 0.3) is 0 Å². The smallest absolute Gasteiger partial charge is 0.422 e. The number of nitrogens with one attached hydrogen (secondary N) is 2. The molecule has 0 bridgehead atoms. The van der Waals surface area contributed by atoms with Crippen LogP contribution in [0.1, 0.15) is 33.3 Å². The Bertz CT molecular complexity index is 532. The molecule has 1 unspecified atom stereocenters. The summed E-state index contributed by atoms with van der Waals surface area (Å²) in [4.78, 5) is 8.22. The molecule has 0 saturated heterocycles. The first-order chi connectivity index (χ1) is 11.2. The maximum absolute atomic E-state index is 12.2. The van der Waals surface area contributed by atoms with Gasteiger partial charge in [-0.3, -0.25) is 0 Å². The normalized spacial score (nSPS) is 13.8. The molecule has 0 saturated carbocycles. The first-order valence-corrected chi connectivity index (χ1v) is 7.90. The standard InChI is InChI=1S/C16H25F3N4O/c1-5-20-15(23-12(4)11(2)3)22-9-13-6-7-21-14(8-13)24-10-16(17,18)19/h6-8,11-12H,5,9-10H2,1-4H3,(H2,20,22,23). The van der Waals surface area contributed by atoms with E-state index in [-0.39, 0.29) is 11.9 Å². The van der Waals surface area contributed by atoms with Gasteiger partial charge < -0.3 is 15.4 Å². The number of nitrogens with zero attached hydrogens (tertiary/aromatic N) is 2. The Balaban J connectivity index is 2.71. The molecule has 24 heavy (non-hydrogen) atoms. The van der Waals surface area contributed by atoms with Crippen LogP contribution in [0, 0.1) is 5.92 Å². The minimum absolute atomic E-state index is 0.0615. The highest BCUT2D eigenvalue weighted by Crippen LogP contribution is 2.17. The highest BCUT2D eigenvalue weighted by molar-refractivity contribution is 5.80. The summed E-state index contributed by atoms with van der Waals surface area (Å²) in [5.74, 6) is 1.04. The number of ether oxygens (including phenoxy) is 1. The maximum Gasteiger partial charge on any atom is 0.422 e. The molecule has 0 amide bonds. The number of guanidine groups is 1. The molecule has 0 aliphatic carbocycles. The van der Waals surface area contributed by atoms with E-state index in [4.69, 9.17) is 0 Å². The third-order valence-electron chi connectivity index (χ3n) is 3.31. The van der Waals surface area contributed by atoms with Gasteiger partial charge in [-0.15, -0.1) is 0 Å². The molecule has 0 aliphatic rings. The van der Waals surface area contributed by atoms with Crippen molar-refractivity contribution in [3.05, 3.63) is 23.9 Å². The largest absolute Gasteiger partial charge is 0.468 e. The van der Waals surface area contributed by atoms with E-state index in [2.05, 4.69) is 46.1 Å². The van der Waals surface area contributed by atoms with Gasteiger partial charge in [-0.1, -0.05) is 13.8 Å². The van der Waals surface area contributed by atoms with E-state index in [1.165, 1.54) is 12.3 Å². The Morgan fingerprint density at radius 1 is 1.33 bits per heavy atom. The lowest BCUT2D eigenvalue weighted by atomic mass is 10.1. The molecular formula is C16H25F3N4O. The number of aliphatic imine (C=N–C) groups is 1. The number of alkyl halides is 3. The van der Waals surface area contributed by atoms with E-state index in [0.717, 1.165) is 5.56 Å². The first kappa shape index (κ1) is 20.1. The minimum atomic E-state index is -4.38. The SMILES string of the molecule is CCNC(=NCc1ccnc(OCC(F)(F)F)c1)NC(C)C(C)C. The second kappa shape index (κ2) is 9.34. The number of hydrogen-bond acceptors (Lipinski definition) is 3. The zero-order valence-corrected chi connectivity index (χ0v) is 14.4. The number of pyridine rings is 1. The quantitative estimate of drug-likeness (QED) is 0.588. The molecule has 2 N–H and O–H groups in total. The van der Waals surface area contributed by atoms with Gasteiger partial charge >= 0.3 is 6.18 Å². The molecule has 0 aromatic carbocycles. The lowest BCUT2D eigenvalue weighted by molar-refractivity contribution is -0.154. The van der Waals surface area contributed by atoms with Gasteiger partial charge in [0.2, 0.25) is 5.88 Å². The molecule has 0 radical (unpaired) electrons. The lowest BCUT2D eigenvalue weighted by Gasteiger charge is -2.20. The summed E-state index contributed by atoms with van der Waals surface area (Å²) >= 11 is 0. The predicted octanol–water partition coefficient (Wildman–Crippen LogP) is 3.12. The first-order valence-electron chi connectivity index (χ1n) is 7.90. The van der Waals surface area contributed by atoms with Crippen molar-refractivity contribution in [2.24, 2.45) is 10.9 Å². The van der Waals surface area contributed by atoms with Gasteiger partial charge in [-0.2, -0.15) is 13.2 Å². The molecular weight excluding hydrogens is 321 g/mol. The van der Waals surface area contributed by atoms with Crippen LogP contribution in [0.2, 0.25) is 0 Å². The van der Waals surface area contributed by atoms with E-state index < -0.39 is 12.8 Å². The van der Waals surface area contributed by atoms with Gasteiger partial charge in [0, 0.05) is 24.8 Å². The van der Waals surface area contributed by atoms with Crippen molar-refractivity contribution in [2.75, 3.05) is 13.2 Å². The van der Waals surface area contributed by atoms with Gasteiger partial charge in [-0.05, 0) is 31.4 Å². The van der Waals surface area contributed by atoms with Gasteiger partial charge in [0.1, 0.15) is 0 Å². The van der Waals surface area contributed by atoms with Crippen LogP contribution in [0.4, 0.5) is 13.2 Å². The molecule has 1 aromatic heterocycles. The predicted molar refractivity (Wildman–Crippen MR) is 88.0 cm³/mol. The summed E-state index contributed by atoms with van der Waals surface area (Å²) in [5.41, 5.74) is 0.719. The molecule has 1 rings (SSSR count). The Labute approximate surface area is 140 Å². The van der Waals surface area contributed by atoms with Crippen LogP contribution in [-0.2, 0) is 6.54 Å². The summed E-state index contributed by atoms with van der Waals surface area (Å²) in [7, 11) is 0. The number of hydrogen-bond donors (Lipinski definition) is 2. The zero-order valence-electron chi connectivity index (χ0n) is 14.4. The third-order valence-corrected chi connectivity index (χ3v) is 3.31. The summed E-state index contributed by atoms with van der Waals surface area (Å²) < 4.78 is 41.2. The number of aromatic nitrogens is 1. The Morgan fingerprint density at radius 2 is 2.04 bits per heavy atom. The third kappa shape index (κ3) is 8.03. The van der Waals surface area contributed by atoms with E-state index in [9.17, 15) is 13.2 Å². The van der Waals surface area contributed by atoms with E-state index >= 15 is 0 Å². The summed E-state index contributed by atoms with van der Waals surface area (Å²) in [6, 6.07) is 3.40. The van der Waals surface area contributed by atoms with Crippen molar-refractivity contribution in [1.82, 2.24) is 15.6 Å². The molecule has 136 valence electrons. The van der Waals surface area contributed by atoms with Crippen molar-refractivity contribution < 1.29 is 17.9 Å². The van der Waals surface area contributed by atoms with Crippen LogP contribution in [0.3, 0.4) is 0 Å². The molecule has 0 spiro atoms. The Kier molecular flexibility index (Phi) is 7.81. The van der Waals surface area contributed by atoms with Crippen molar-refractivity contribution in [3.8, 4) is 5.88 Å². The fourth-order valence-corrected chi connectivity index (χ4v) is 1.66. The second-order valence-electron chi connectivity index (χ2n) is 5.78. The fourth-order valence-electron chi connectivity index (χ4n) is 1.66. The zero-order chi connectivity index (χ0) is 18.2. The van der Waals surface area contributed by atoms with Gasteiger partial charge in [0.25, 0.3) is 0 Å². The van der Waals surface area contributed by atoms with Crippen molar-refractivity contribution in [1.29, 1.82) is 0 Å². The van der Waals surface area contributed by atoms with E-state index in [0.29, 0.717) is 25.0 Å². The molecule has 0 aliphatic heterocycles. The van der Waals surface area contributed by atoms with Gasteiger partial charge in [-0.25, -0.2) is 9.98 Å². The highest BCUT2D eigenvalue weighted by Gasteiger charge is 2.28. The monoisotopic (exact) mass is 346 g/mol. The Hall–Kier alpha value is -1.99. The van der Waals surface area contributed by atoms with Crippen LogP contribution in [-0.4, -0.2) is 36.3 Å². The van der Waals surface area contributed by atoms with Crippen molar-refractivity contribution in [3.63, 3.8) is 0 Å². The van der Waals surface area contributed by atoms with E-state index in [1.54, 1.807) is 6.07 Å². The fraction of sp³-hybridized carbons (Fsp3) is 0.625. The van der Waals surface area contributed by atoms with Crippen LogP contribution >= 0.6 is 0 Å². The van der Waals surface area contributed by atoms with Crippen LogP contribution in [0.5, 0.6) is 5.88 Å².